The summed E-state index contributed by atoms with van der Waals surface area (Å²) >= 11 is 5.99. The summed E-state index contributed by atoms with van der Waals surface area (Å²) in [6.45, 7) is 6.37. The van der Waals surface area contributed by atoms with E-state index in [2.05, 4.69) is 31.9 Å². The molecule has 0 aromatic heterocycles. The second kappa shape index (κ2) is 7.43. The molecule has 0 aromatic rings. The first-order chi connectivity index (χ1) is 6.09. The topological polar surface area (TPSA) is 20.2 Å². The van der Waals surface area contributed by atoms with Gasteiger partial charge in [0, 0.05) is 6.42 Å². The molecule has 0 radical (unpaired) electrons. The second-order valence-electron chi connectivity index (χ2n) is 3.56. The molecule has 0 aliphatic rings. The summed E-state index contributed by atoms with van der Waals surface area (Å²) < 4.78 is 0. The third kappa shape index (κ3) is 6.15. The van der Waals surface area contributed by atoms with Gasteiger partial charge in [-0.2, -0.15) is 0 Å². The Morgan fingerprint density at radius 1 is 1.46 bits per heavy atom. The predicted molar refractivity (Wildman–Crippen MR) is 61.8 cm³/mol. The molecule has 0 rings (SSSR count). The third-order valence-corrected chi connectivity index (χ3v) is 5.23. The number of aliphatic hydroxyl groups is 1. The minimum absolute atomic E-state index is 0.117. The van der Waals surface area contributed by atoms with Crippen molar-refractivity contribution in [2.75, 3.05) is 0 Å². The highest BCUT2D eigenvalue weighted by molar-refractivity contribution is 6.67. The first-order valence-corrected chi connectivity index (χ1v) is 8.31. The number of rotatable bonds is 4. The van der Waals surface area contributed by atoms with Gasteiger partial charge in [0.1, 0.15) is 6.10 Å². The van der Waals surface area contributed by atoms with Crippen molar-refractivity contribution in [1.29, 1.82) is 0 Å². The van der Waals surface area contributed by atoms with E-state index in [1.165, 1.54) is 0 Å². The lowest BCUT2D eigenvalue weighted by atomic mass is 10.2. The Morgan fingerprint density at radius 2 is 2.08 bits per heavy atom. The summed E-state index contributed by atoms with van der Waals surface area (Å²) in [5.74, 6) is 5.77. The van der Waals surface area contributed by atoms with E-state index in [9.17, 15) is 5.11 Å². The van der Waals surface area contributed by atoms with Crippen molar-refractivity contribution in [3.8, 4) is 11.8 Å². The van der Waals surface area contributed by atoms with Gasteiger partial charge in [0.25, 0.3) is 0 Å². The van der Waals surface area contributed by atoms with E-state index in [0.717, 1.165) is 19.3 Å². The molecule has 0 fully saturated rings. The third-order valence-electron chi connectivity index (χ3n) is 1.84. The average molecular weight is 219 g/mol. The molecule has 0 amide bonds. The van der Waals surface area contributed by atoms with Crippen molar-refractivity contribution >= 4 is 20.4 Å². The fraction of sp³-hybridized carbons (Fsp3) is 0.800. The molecular weight excluding hydrogens is 200 g/mol. The summed E-state index contributed by atoms with van der Waals surface area (Å²) in [6, 6.07) is 0. The summed E-state index contributed by atoms with van der Waals surface area (Å²) in [4.78, 5) is 0. The maximum Gasteiger partial charge on any atom is 0.128 e. The molecule has 0 heterocycles. The van der Waals surface area contributed by atoms with Gasteiger partial charge in [0.05, 0.1) is 13.8 Å². The van der Waals surface area contributed by atoms with E-state index in [1.54, 1.807) is 0 Å². The fourth-order valence-corrected chi connectivity index (χ4v) is 1.77. The predicted octanol–water partition coefficient (Wildman–Crippen LogP) is 2.17. The van der Waals surface area contributed by atoms with Gasteiger partial charge < -0.3 is 5.11 Å². The van der Waals surface area contributed by atoms with E-state index < -0.39 is 14.9 Å². The lowest BCUT2D eigenvalue weighted by molar-refractivity contribution is 0.245. The molecule has 0 aliphatic heterocycles. The Balaban J connectivity index is 3.81. The van der Waals surface area contributed by atoms with Gasteiger partial charge in [-0.3, -0.25) is 0 Å². The van der Waals surface area contributed by atoms with Crippen LogP contribution in [-0.2, 0) is 0 Å². The second-order valence-corrected chi connectivity index (χ2v) is 7.69. The molecule has 0 bridgehead atoms. The molecule has 13 heavy (non-hydrogen) atoms. The number of unbranched alkanes of at least 4 members (excludes halogenated alkanes) is 2. The van der Waals surface area contributed by atoms with Crippen LogP contribution in [-0.4, -0.2) is 25.0 Å². The average Bonchev–Trinajstić information content (AvgIpc) is 2.10. The maximum absolute atomic E-state index is 9.52. The van der Waals surface area contributed by atoms with Gasteiger partial charge in [-0.25, -0.2) is 0 Å². The quantitative estimate of drug-likeness (QED) is 0.332. The summed E-state index contributed by atoms with van der Waals surface area (Å²) in [7, 11) is -0.968. The Labute approximate surface area is 88.1 Å². The highest BCUT2D eigenvalue weighted by Gasteiger charge is 2.18. The van der Waals surface area contributed by atoms with E-state index >= 15 is 0 Å². The molecule has 3 heteroatoms. The van der Waals surface area contributed by atoms with Crippen LogP contribution in [0.1, 0.15) is 26.2 Å². The largest absolute Gasteiger partial charge is 0.379 e. The summed E-state index contributed by atoms with van der Waals surface area (Å²) in [5, 5.41) is 9.40. The molecule has 1 N–H and O–H groups in total. The summed E-state index contributed by atoms with van der Waals surface area (Å²) in [6.07, 6.45) is 2.50. The molecule has 2 atom stereocenters. The smallest absolute Gasteiger partial charge is 0.128 e. The Hall–Kier alpha value is 0.0269. The van der Waals surface area contributed by atoms with E-state index in [4.69, 9.17) is 11.6 Å². The Kier molecular flexibility index (Phi) is 7.45. The van der Waals surface area contributed by atoms with Crippen molar-refractivity contribution in [3.63, 3.8) is 0 Å². The van der Waals surface area contributed by atoms with Crippen molar-refractivity contribution in [1.82, 2.24) is 0 Å². The zero-order valence-corrected chi connectivity index (χ0v) is 10.6. The molecule has 1 unspecified atom stereocenters. The Morgan fingerprint density at radius 3 is 2.54 bits per heavy atom. The van der Waals surface area contributed by atoms with Crippen molar-refractivity contribution in [3.05, 3.63) is 0 Å². The first-order valence-electron chi connectivity index (χ1n) is 4.90. The zero-order valence-electron chi connectivity index (χ0n) is 8.68. The van der Waals surface area contributed by atoms with Crippen LogP contribution in [0.5, 0.6) is 0 Å². The molecule has 0 aliphatic carbocycles. The van der Waals surface area contributed by atoms with Gasteiger partial charge in [-0.05, 0) is 6.42 Å². The molecular formula is C10H19ClOSi. The first kappa shape index (κ1) is 13.0. The Bertz CT molecular complexity index is 183. The highest BCUT2D eigenvalue weighted by atomic mass is 35.5. The van der Waals surface area contributed by atoms with Crippen LogP contribution in [0.2, 0.25) is 13.1 Å². The van der Waals surface area contributed by atoms with Crippen LogP contribution in [0.25, 0.3) is 0 Å². The zero-order chi connectivity index (χ0) is 10.3. The van der Waals surface area contributed by atoms with E-state index in [1.807, 2.05) is 0 Å². The molecule has 0 saturated carbocycles. The minimum Gasteiger partial charge on any atom is -0.379 e. The lowest BCUT2D eigenvalue weighted by Crippen LogP contribution is -2.30. The van der Waals surface area contributed by atoms with Gasteiger partial charge in [0.2, 0.25) is 0 Å². The van der Waals surface area contributed by atoms with Crippen LogP contribution < -0.4 is 0 Å². The monoisotopic (exact) mass is 218 g/mol. The van der Waals surface area contributed by atoms with Crippen molar-refractivity contribution in [2.24, 2.45) is 0 Å². The van der Waals surface area contributed by atoms with Crippen LogP contribution in [0.3, 0.4) is 0 Å². The molecule has 0 aromatic carbocycles. The standard InChI is InChI=1S/C10H19ClOSi/c1-4-5-6-7-8-9(12)10(11)13(2)3/h9-10,12-13H,4-6H2,1-3H3/t9?,10-/m1/s1. The van der Waals surface area contributed by atoms with E-state index in [-0.39, 0.29) is 5.00 Å². The number of hydrogen-bond acceptors (Lipinski definition) is 1. The fourth-order valence-electron chi connectivity index (χ4n) is 0.886. The highest BCUT2D eigenvalue weighted by Crippen LogP contribution is 2.06. The number of alkyl halides is 1. The van der Waals surface area contributed by atoms with E-state index in [0.29, 0.717) is 0 Å². The molecule has 0 saturated heterocycles. The van der Waals surface area contributed by atoms with Crippen LogP contribution in [0.4, 0.5) is 0 Å². The normalized spacial score (nSPS) is 14.9. The minimum atomic E-state index is -0.968. The molecule has 1 nitrogen and oxygen atoms in total. The molecule has 0 spiro atoms. The van der Waals surface area contributed by atoms with Crippen LogP contribution >= 0.6 is 11.6 Å². The maximum atomic E-state index is 9.52. The van der Waals surface area contributed by atoms with Gasteiger partial charge in [0.15, 0.2) is 0 Å². The molecule has 76 valence electrons. The van der Waals surface area contributed by atoms with Crippen molar-refractivity contribution < 1.29 is 5.11 Å². The SMILES string of the molecule is CCCCC#CC(O)[C@H](Cl)[SiH](C)C. The lowest BCUT2D eigenvalue weighted by Gasteiger charge is -2.13. The van der Waals surface area contributed by atoms with Gasteiger partial charge in [-0.1, -0.05) is 32.4 Å². The number of aliphatic hydroxyl groups excluding tert-OH is 1. The summed E-state index contributed by atoms with van der Waals surface area (Å²) in [5.41, 5.74) is 0. The number of hydrogen-bond donors (Lipinski definition) is 1. The van der Waals surface area contributed by atoms with Gasteiger partial charge in [-0.15, -0.1) is 17.5 Å². The van der Waals surface area contributed by atoms with Crippen molar-refractivity contribution in [2.45, 2.75) is 50.4 Å². The number of halogens is 1. The van der Waals surface area contributed by atoms with Gasteiger partial charge >= 0.3 is 0 Å². The van der Waals surface area contributed by atoms with Crippen LogP contribution in [0, 0.1) is 11.8 Å². The van der Waals surface area contributed by atoms with Crippen LogP contribution in [0.15, 0.2) is 0 Å².